The van der Waals surface area contributed by atoms with Crippen molar-refractivity contribution in [3.63, 3.8) is 0 Å². The Hall–Kier alpha value is -2.90. The zero-order valence-electron chi connectivity index (χ0n) is 11.0. The lowest BCUT2D eigenvalue weighted by Gasteiger charge is -2.10. The second-order valence-corrected chi connectivity index (χ2v) is 4.43. The smallest absolute Gasteiger partial charge is 0.406 e. The number of benzene rings is 1. The van der Waals surface area contributed by atoms with Crippen molar-refractivity contribution in [3.8, 4) is 17.0 Å². The summed E-state index contributed by atoms with van der Waals surface area (Å²) in [7, 11) is 0. The van der Waals surface area contributed by atoms with Gasteiger partial charge in [-0.2, -0.15) is 0 Å². The lowest BCUT2D eigenvalue weighted by atomic mass is 10.1. The number of anilines is 1. The predicted molar refractivity (Wildman–Crippen MR) is 73.9 cm³/mol. The van der Waals surface area contributed by atoms with E-state index >= 15 is 0 Å². The number of nitrogens with two attached hydrogens (primary N) is 1. The van der Waals surface area contributed by atoms with E-state index in [4.69, 9.17) is 5.73 Å². The maximum atomic E-state index is 12.2. The maximum Gasteiger partial charge on any atom is 0.573 e. The van der Waals surface area contributed by atoms with Gasteiger partial charge in [0.15, 0.2) is 5.82 Å². The maximum absolute atomic E-state index is 12.2. The lowest BCUT2D eigenvalue weighted by molar-refractivity contribution is -0.274. The summed E-state index contributed by atoms with van der Waals surface area (Å²) in [5.41, 5.74) is 6.84. The number of alkyl halides is 3. The number of pyridine rings is 1. The first-order valence-corrected chi connectivity index (χ1v) is 6.16. The van der Waals surface area contributed by atoms with Crippen molar-refractivity contribution in [1.82, 2.24) is 15.2 Å². The van der Waals surface area contributed by atoms with Crippen LogP contribution in [0.2, 0.25) is 0 Å². The van der Waals surface area contributed by atoms with Crippen LogP contribution in [0.5, 0.6) is 5.75 Å². The number of halogens is 3. The van der Waals surface area contributed by atoms with Gasteiger partial charge in [0, 0.05) is 28.7 Å². The van der Waals surface area contributed by atoms with Crippen molar-refractivity contribution in [1.29, 1.82) is 0 Å². The molecule has 0 atom stereocenters. The number of rotatable bonds is 2. The highest BCUT2D eigenvalue weighted by Crippen LogP contribution is 2.30. The molecule has 0 unspecified atom stereocenters. The molecule has 1 aromatic carbocycles. The topological polar surface area (TPSA) is 73.9 Å². The third-order valence-corrected chi connectivity index (χ3v) is 2.97. The molecule has 0 aliphatic rings. The van der Waals surface area contributed by atoms with Crippen molar-refractivity contribution < 1.29 is 17.9 Å². The summed E-state index contributed by atoms with van der Waals surface area (Å²) < 4.78 is 40.3. The molecular weight excluding hydrogens is 297 g/mol. The summed E-state index contributed by atoms with van der Waals surface area (Å²) in [6, 6.07) is 7.10. The Morgan fingerprint density at radius 3 is 2.36 bits per heavy atom. The third-order valence-electron chi connectivity index (χ3n) is 2.97. The first-order chi connectivity index (χ1) is 10.4. The summed E-state index contributed by atoms with van der Waals surface area (Å²) in [4.78, 5) is 3.97. The van der Waals surface area contributed by atoms with Crippen molar-refractivity contribution >= 4 is 16.6 Å². The zero-order chi connectivity index (χ0) is 15.7. The van der Waals surface area contributed by atoms with E-state index in [0.29, 0.717) is 22.0 Å². The van der Waals surface area contributed by atoms with E-state index in [1.165, 1.54) is 24.3 Å². The second kappa shape index (κ2) is 5.14. The molecule has 0 saturated carbocycles. The van der Waals surface area contributed by atoms with Crippen molar-refractivity contribution in [2.75, 3.05) is 5.73 Å². The molecule has 2 heterocycles. The van der Waals surface area contributed by atoms with E-state index in [-0.39, 0.29) is 11.6 Å². The van der Waals surface area contributed by atoms with Gasteiger partial charge in [-0.15, -0.1) is 23.4 Å². The Labute approximate surface area is 122 Å². The summed E-state index contributed by atoms with van der Waals surface area (Å²) >= 11 is 0. The predicted octanol–water partition coefficient (Wildman–Crippen LogP) is 3.17. The van der Waals surface area contributed by atoms with Gasteiger partial charge in [-0.3, -0.25) is 4.98 Å². The van der Waals surface area contributed by atoms with Gasteiger partial charge in [0.2, 0.25) is 0 Å². The van der Waals surface area contributed by atoms with E-state index in [0.717, 1.165) is 0 Å². The van der Waals surface area contributed by atoms with E-state index in [9.17, 15) is 13.2 Å². The number of hydrogen-bond donors (Lipinski definition) is 1. The van der Waals surface area contributed by atoms with Crippen molar-refractivity contribution in [2.45, 2.75) is 6.36 Å². The van der Waals surface area contributed by atoms with E-state index in [1.807, 2.05) is 0 Å². The highest BCUT2D eigenvalue weighted by Gasteiger charge is 2.31. The average molecular weight is 306 g/mol. The van der Waals surface area contributed by atoms with Crippen molar-refractivity contribution in [2.24, 2.45) is 0 Å². The molecule has 0 radical (unpaired) electrons. The number of fused-ring (bicyclic) bond motifs is 1. The highest BCUT2D eigenvalue weighted by molar-refractivity contribution is 5.98. The number of ether oxygens (including phenoxy) is 1. The summed E-state index contributed by atoms with van der Waals surface area (Å²) in [5, 5.41) is 9.20. The largest absolute Gasteiger partial charge is 0.573 e. The first kappa shape index (κ1) is 14.1. The van der Waals surface area contributed by atoms with E-state index in [2.05, 4.69) is 19.9 Å². The molecule has 22 heavy (non-hydrogen) atoms. The first-order valence-electron chi connectivity index (χ1n) is 6.16. The SMILES string of the molecule is Nc1nnc(-c2ccc(OC(F)(F)F)cc2)c2ccncc12. The van der Waals surface area contributed by atoms with Gasteiger partial charge in [0.1, 0.15) is 11.4 Å². The van der Waals surface area contributed by atoms with Gasteiger partial charge >= 0.3 is 6.36 Å². The monoisotopic (exact) mass is 306 g/mol. The number of hydrogen-bond acceptors (Lipinski definition) is 5. The molecule has 0 aliphatic heterocycles. The molecule has 0 saturated heterocycles. The van der Waals surface area contributed by atoms with E-state index in [1.54, 1.807) is 18.5 Å². The Morgan fingerprint density at radius 2 is 1.68 bits per heavy atom. The minimum Gasteiger partial charge on any atom is -0.406 e. The molecule has 0 bridgehead atoms. The third kappa shape index (κ3) is 2.76. The molecule has 0 fully saturated rings. The lowest BCUT2D eigenvalue weighted by Crippen LogP contribution is -2.16. The van der Waals surface area contributed by atoms with Gasteiger partial charge in [0.05, 0.1) is 0 Å². The van der Waals surface area contributed by atoms with Crippen LogP contribution in [-0.2, 0) is 0 Å². The number of aromatic nitrogens is 3. The standard InChI is InChI=1S/C14H9F3N4O/c15-14(16,17)22-9-3-1-8(2-4-9)12-10-5-6-19-7-11(10)13(18)21-20-12/h1-7H,(H2,18,21). The summed E-state index contributed by atoms with van der Waals surface area (Å²) in [6.45, 7) is 0. The Kier molecular flexibility index (Phi) is 3.28. The highest BCUT2D eigenvalue weighted by atomic mass is 19.4. The molecule has 0 spiro atoms. The fourth-order valence-corrected chi connectivity index (χ4v) is 2.04. The van der Waals surface area contributed by atoms with E-state index < -0.39 is 6.36 Å². The van der Waals surface area contributed by atoms with Crippen LogP contribution in [0.15, 0.2) is 42.7 Å². The van der Waals surface area contributed by atoms with Crippen LogP contribution in [0.3, 0.4) is 0 Å². The fourth-order valence-electron chi connectivity index (χ4n) is 2.04. The summed E-state index contributed by atoms with van der Waals surface area (Å²) in [5.74, 6) is -0.0606. The Balaban J connectivity index is 2.03. The molecule has 0 amide bonds. The molecule has 2 N–H and O–H groups in total. The minimum absolute atomic E-state index is 0.240. The second-order valence-electron chi connectivity index (χ2n) is 4.43. The molecule has 112 valence electrons. The molecule has 2 aromatic heterocycles. The molecule has 3 aromatic rings. The van der Waals surface area contributed by atoms with Crippen LogP contribution in [0.1, 0.15) is 0 Å². The Morgan fingerprint density at radius 1 is 0.955 bits per heavy atom. The molecule has 0 aliphatic carbocycles. The van der Waals surface area contributed by atoms with Gasteiger partial charge in [-0.25, -0.2) is 0 Å². The number of nitrogens with zero attached hydrogens (tertiary/aromatic N) is 3. The van der Waals surface area contributed by atoms with Gasteiger partial charge < -0.3 is 10.5 Å². The van der Waals surface area contributed by atoms with Crippen molar-refractivity contribution in [3.05, 3.63) is 42.7 Å². The molecular formula is C14H9F3N4O. The molecule has 3 rings (SSSR count). The normalized spacial score (nSPS) is 11.6. The number of nitrogen functional groups attached to an aromatic ring is 1. The molecule has 8 heteroatoms. The Bertz CT molecular complexity index is 818. The minimum atomic E-state index is -4.72. The van der Waals surface area contributed by atoms with Gasteiger partial charge in [0.25, 0.3) is 0 Å². The van der Waals surface area contributed by atoms with Crippen LogP contribution >= 0.6 is 0 Å². The zero-order valence-corrected chi connectivity index (χ0v) is 11.0. The van der Waals surface area contributed by atoms with Gasteiger partial charge in [-0.1, -0.05) is 0 Å². The molecule has 5 nitrogen and oxygen atoms in total. The van der Waals surface area contributed by atoms with Crippen LogP contribution in [-0.4, -0.2) is 21.5 Å². The van der Waals surface area contributed by atoms with Crippen LogP contribution in [0.4, 0.5) is 19.0 Å². The van der Waals surface area contributed by atoms with Gasteiger partial charge in [-0.05, 0) is 30.3 Å². The fraction of sp³-hybridized carbons (Fsp3) is 0.0714. The van der Waals surface area contributed by atoms with Crippen LogP contribution in [0, 0.1) is 0 Å². The average Bonchev–Trinajstić information content (AvgIpc) is 2.48. The summed E-state index contributed by atoms with van der Waals surface area (Å²) in [6.07, 6.45) is -1.58. The quantitative estimate of drug-likeness (QED) is 0.787. The van der Waals surface area contributed by atoms with Crippen LogP contribution in [0.25, 0.3) is 22.0 Å². The van der Waals surface area contributed by atoms with Crippen LogP contribution < -0.4 is 10.5 Å².